The van der Waals surface area contributed by atoms with E-state index in [0.29, 0.717) is 112 Å². The Morgan fingerprint density at radius 2 is 0.885 bits per heavy atom. The number of rotatable bonds is 28. The lowest BCUT2D eigenvalue weighted by atomic mass is 9.75. The van der Waals surface area contributed by atoms with Crippen molar-refractivity contribution >= 4 is 66.5 Å². The number of esters is 2. The Labute approximate surface area is 740 Å². The summed E-state index contributed by atoms with van der Waals surface area (Å²) in [6.45, 7) is 41.2. The Bertz CT molecular complexity index is 4730. The largest absolute Gasteiger partial charge is 0.508 e. The van der Waals surface area contributed by atoms with Crippen LogP contribution in [-0.2, 0) is 74.5 Å². The topological polar surface area (TPSA) is 247 Å². The number of halogens is 4. The van der Waals surface area contributed by atoms with Gasteiger partial charge >= 0.3 is 19.1 Å². The molecule has 0 bridgehead atoms. The molecule has 0 radical (unpaired) electrons. The number of aromatic hydroxyl groups is 1. The van der Waals surface area contributed by atoms with E-state index in [9.17, 15) is 18.0 Å². The fourth-order valence-electron chi connectivity index (χ4n) is 14.8. The van der Waals surface area contributed by atoms with Crippen LogP contribution < -0.4 is 33.9 Å². The van der Waals surface area contributed by atoms with E-state index in [4.69, 9.17) is 76.4 Å². The van der Waals surface area contributed by atoms with Crippen LogP contribution in [0.4, 0.5) is 8.78 Å². The lowest BCUT2D eigenvalue weighted by Crippen LogP contribution is -2.41. The summed E-state index contributed by atoms with van der Waals surface area (Å²) in [6, 6.07) is 29.6. The highest BCUT2D eigenvalue weighted by Crippen LogP contribution is 2.48. The summed E-state index contributed by atoms with van der Waals surface area (Å²) in [5.41, 5.74) is 13.4. The van der Waals surface area contributed by atoms with Crippen LogP contribution in [0.1, 0.15) is 200 Å². The molecule has 5 aliphatic rings. The summed E-state index contributed by atoms with van der Waals surface area (Å²) < 4.78 is 137. The van der Waals surface area contributed by atoms with Gasteiger partial charge in [-0.1, -0.05) is 112 Å². The third kappa shape index (κ3) is 28.6. The maximum atomic E-state index is 15.3. The molecule has 4 atom stereocenters. The van der Waals surface area contributed by atoms with E-state index in [-0.39, 0.29) is 83.1 Å². The molecule has 7 aromatic rings. The number of aliphatic hydroxyl groups is 1. The number of aryl methyl sites for hydroxylation is 6. The maximum absolute atomic E-state index is 15.3. The number of carbonyl (C=O) groups excluding carboxylic acids is 2. The average Bonchev–Trinajstić information content (AvgIpc) is 1.43. The summed E-state index contributed by atoms with van der Waals surface area (Å²) in [5, 5.41) is 17.7. The minimum Gasteiger partial charge on any atom is -0.508 e. The van der Waals surface area contributed by atoms with Crippen LogP contribution in [0.5, 0.6) is 40.2 Å². The Morgan fingerprint density at radius 3 is 1.28 bits per heavy atom. The number of phenolic OH excluding ortho intramolecular Hbond substituents is 1. The van der Waals surface area contributed by atoms with Crippen molar-refractivity contribution in [1.82, 2.24) is 0 Å². The van der Waals surface area contributed by atoms with Crippen molar-refractivity contribution in [1.29, 1.82) is 0 Å². The van der Waals surface area contributed by atoms with Crippen LogP contribution >= 0.6 is 31.9 Å². The lowest BCUT2D eigenvalue weighted by molar-refractivity contribution is -0.142. The first kappa shape index (κ1) is 102. The molecule has 3 heterocycles. The molecule has 2 aliphatic carbocycles. The van der Waals surface area contributed by atoms with Gasteiger partial charge in [-0.15, -0.1) is 0 Å². The van der Waals surface area contributed by atoms with Gasteiger partial charge in [0, 0.05) is 105 Å². The number of carbonyl (C=O) groups is 2. The minimum absolute atomic E-state index is 0.0314. The molecule has 12 rings (SSSR count). The molecule has 0 saturated carbocycles. The van der Waals surface area contributed by atoms with Gasteiger partial charge in [-0.25, -0.2) is 8.78 Å². The number of hydrogen-bond acceptors (Lipinski definition) is 21. The smallest absolute Gasteiger partial charge is 0.495 e. The minimum atomic E-state index is -3.33. The van der Waals surface area contributed by atoms with Crippen molar-refractivity contribution in [2.75, 3.05) is 115 Å². The molecular weight excluding hydrogens is 1720 g/mol. The summed E-state index contributed by atoms with van der Waals surface area (Å²) >= 11 is 6.96. The summed E-state index contributed by atoms with van der Waals surface area (Å²) in [5.74, 6) is 3.54. The monoisotopic (exact) mass is 1840 g/mol. The maximum Gasteiger partial charge on any atom is 0.495 e. The highest BCUT2D eigenvalue weighted by Gasteiger charge is 2.53. The van der Waals surface area contributed by atoms with Gasteiger partial charge in [0.25, 0.3) is 10.1 Å². The van der Waals surface area contributed by atoms with Crippen LogP contribution in [0, 0.1) is 74.8 Å². The second-order valence-electron chi connectivity index (χ2n) is 36.2. The summed E-state index contributed by atoms with van der Waals surface area (Å²) in [7, 11) is 5.52. The molecule has 0 unspecified atom stereocenters. The highest BCUT2D eigenvalue weighted by molar-refractivity contribution is 9.11. The zero-order valence-corrected chi connectivity index (χ0v) is 80.0. The van der Waals surface area contributed by atoms with Gasteiger partial charge < -0.3 is 76.4 Å². The number of fused-ring (bicyclic) bond motifs is 4. The van der Waals surface area contributed by atoms with Crippen molar-refractivity contribution in [3.05, 3.63) is 184 Å². The third-order valence-electron chi connectivity index (χ3n) is 21.8. The second-order valence-corrected chi connectivity index (χ2v) is 39.4. The SMILES string of the molecule is COC(=O)C[C@@H]1COc2cc(O[C@@H]3CCc4c(B5OC(C)(C)C(C)(C)O5)ccc(F)c43)ccc21.COCC(C)(C)CO.COCC(C)(C)COS(C)(=O)=O.COCC(C)(C)COc1cc(C)c(-c2ccc(F)c3c2CC[C@H]3Oc2ccc3c(c2)OC[C@H]3CC(=O)OC)c(C)c1.COCC(C)(C)COc1cc(C)c(Br)c(C)c1.Cc1cc(O)cc(C)c1Br. The number of methoxy groups -OCH3 is 6. The van der Waals surface area contributed by atoms with Gasteiger partial charge in [-0.2, -0.15) is 8.42 Å². The standard InChI is InChI=1S/C34H39FO6.C26H30BFO6.C14H21BrO2.C8H9BrO.C7H16O4S.C6H14O2/c1-20-13-24(40-19-34(3,4)18-37-5)14-21(2)32(20)26-9-11-28(35)33-27(26)10-12-29(33)41-23-7-8-25-22(15-31(36)38-6)17-39-30(25)16-23;1-25(2)26(3,4)34-27(33-25)19-9-10-20(28)24-18(19)8-11-21(24)32-16-6-7-17-15(12-23(29)30-5)14-31-22(17)13-16;1-10-6-12(7-11(2)13(10)15)17-9-14(3,4)8-16-5;1-5-3-7(10)4-6(2)8(5)9;1-7(2,5-10-3)6-11-12(4,8)9;1-6(2,4-7)5-8-3/h7-9,11,13-14,16,22,29H,10,12,15,17-19H2,1-6H3;6-7,9-10,13,15,21H,8,11-12,14H2,1-5H3;6-7H,8-9H2,1-5H3;3-4,10H,1-2H3;5-6H2,1-4H3;7H,4-5H2,1-3H3/t22-,29-;15-,21-;;;;/m11..../s1. The van der Waals surface area contributed by atoms with Gasteiger partial charge in [0.1, 0.15) is 64.1 Å². The molecule has 1 saturated heterocycles. The molecule has 0 amide bonds. The van der Waals surface area contributed by atoms with Gasteiger partial charge in [-0.3, -0.25) is 13.8 Å². The van der Waals surface area contributed by atoms with Gasteiger partial charge in [0.05, 0.1) is 111 Å². The number of benzene rings is 7. The van der Waals surface area contributed by atoms with E-state index < -0.39 is 40.6 Å². The molecule has 7 aromatic carbocycles. The predicted molar refractivity (Wildman–Crippen MR) is 480 cm³/mol. The first-order valence-corrected chi connectivity index (χ1v) is 44.4. The molecule has 672 valence electrons. The highest BCUT2D eigenvalue weighted by atomic mass is 79.9. The van der Waals surface area contributed by atoms with Crippen LogP contribution in [0.15, 0.2) is 106 Å². The Kier molecular flexibility index (Phi) is 36.8. The number of aliphatic hydroxyl groups excluding tert-OH is 1. The van der Waals surface area contributed by atoms with Gasteiger partial charge in [0.2, 0.25) is 0 Å². The van der Waals surface area contributed by atoms with E-state index in [2.05, 4.69) is 116 Å². The molecule has 0 spiro atoms. The zero-order chi connectivity index (χ0) is 90.8. The normalized spacial score (nSPS) is 17.1. The molecule has 0 aromatic heterocycles. The summed E-state index contributed by atoms with van der Waals surface area (Å²) in [4.78, 5) is 23.4. The van der Waals surface area contributed by atoms with E-state index in [1.807, 2.05) is 112 Å². The number of hydrogen-bond donors (Lipinski definition) is 2. The van der Waals surface area contributed by atoms with E-state index in [1.54, 1.807) is 52.7 Å². The van der Waals surface area contributed by atoms with Gasteiger partial charge in [-0.05, 0) is 217 Å². The van der Waals surface area contributed by atoms with E-state index in [0.717, 1.165) is 94.2 Å². The lowest BCUT2D eigenvalue weighted by Gasteiger charge is -2.32. The van der Waals surface area contributed by atoms with Crippen molar-refractivity contribution in [2.45, 2.75) is 198 Å². The van der Waals surface area contributed by atoms with Crippen molar-refractivity contribution in [3.63, 3.8) is 0 Å². The van der Waals surface area contributed by atoms with Crippen molar-refractivity contribution in [3.8, 4) is 51.4 Å². The fourth-order valence-corrected chi connectivity index (χ4v) is 15.8. The second kappa shape index (κ2) is 44.2. The molecule has 122 heavy (non-hydrogen) atoms. The summed E-state index contributed by atoms with van der Waals surface area (Å²) in [6.07, 6.45) is 3.50. The van der Waals surface area contributed by atoms with Crippen LogP contribution in [0.3, 0.4) is 0 Å². The fraction of sp³-hybridized carbons (Fsp3) is 0.537. The van der Waals surface area contributed by atoms with Crippen molar-refractivity contribution in [2.24, 2.45) is 21.7 Å². The number of phenols is 1. The third-order valence-corrected chi connectivity index (χ3v) is 24.8. The Balaban J connectivity index is 0.000000224. The van der Waals surface area contributed by atoms with E-state index in [1.165, 1.54) is 31.4 Å². The predicted octanol–water partition coefficient (Wildman–Crippen LogP) is 19.7. The molecule has 27 heteroatoms. The quantitative estimate of drug-likeness (QED) is 0.0263. The molecular formula is C95H129BBr2F2O21S. The zero-order valence-electron chi connectivity index (χ0n) is 76.0. The van der Waals surface area contributed by atoms with E-state index >= 15 is 8.78 Å². The Hall–Kier alpha value is -7.41. The first-order valence-electron chi connectivity index (χ1n) is 41.0. The molecule has 3 aliphatic heterocycles. The molecule has 2 N–H and O–H groups in total. The van der Waals surface area contributed by atoms with Gasteiger partial charge in [0.15, 0.2) is 0 Å². The first-order chi connectivity index (χ1) is 57.0. The molecule has 1 fully saturated rings. The number of ether oxygens (including phenoxy) is 12. The average molecular weight is 1850 g/mol. The van der Waals surface area contributed by atoms with Crippen molar-refractivity contribution < 1.29 is 107 Å². The van der Waals surface area contributed by atoms with Crippen LogP contribution in [0.25, 0.3) is 11.1 Å². The Morgan fingerprint density at radius 1 is 0.508 bits per heavy atom. The van der Waals surface area contributed by atoms with Crippen LogP contribution in [-0.4, -0.2) is 164 Å². The molecule has 21 nitrogen and oxygen atoms in total. The van der Waals surface area contributed by atoms with Crippen LogP contribution in [0.2, 0.25) is 0 Å².